The van der Waals surface area contributed by atoms with Gasteiger partial charge in [-0.1, -0.05) is 97.9 Å². The molecule has 6 aliphatic rings. The summed E-state index contributed by atoms with van der Waals surface area (Å²) >= 11 is 6.68. The molecular weight excluding hydrogens is 424 g/mol. The van der Waals surface area contributed by atoms with Gasteiger partial charge in [-0.15, -0.1) is 11.6 Å². The van der Waals surface area contributed by atoms with Crippen LogP contribution < -0.4 is 0 Å². The first-order chi connectivity index (χ1) is 16.3. The van der Waals surface area contributed by atoms with Crippen molar-refractivity contribution in [1.82, 2.24) is 0 Å². The van der Waals surface area contributed by atoms with Gasteiger partial charge in [0, 0.05) is 11.3 Å². The average Bonchev–Trinajstić information content (AvgIpc) is 3.39. The van der Waals surface area contributed by atoms with Crippen LogP contribution in [0.4, 0.5) is 0 Å². The molecule has 1 aromatic rings. The molecule has 3 fully saturated rings. The van der Waals surface area contributed by atoms with Crippen LogP contribution in [-0.4, -0.2) is 17.6 Å². The second-order valence-electron chi connectivity index (χ2n) is 11.1. The van der Waals surface area contributed by atoms with Gasteiger partial charge < -0.3 is 4.74 Å². The lowest BCUT2D eigenvalue weighted by Crippen LogP contribution is -2.42. The Kier molecular flexibility index (Phi) is 4.89. The molecule has 1 heterocycles. The SMILES string of the molecule is ClC1C=CCC2C3C=CC(C4(c5ccccc5)C5C=CC=CC5C5CCCCC54)=CC3OC12. The molecule has 170 valence electrons. The highest BCUT2D eigenvalue weighted by molar-refractivity contribution is 6.22. The number of rotatable bonds is 2. The van der Waals surface area contributed by atoms with E-state index in [2.05, 4.69) is 85.0 Å². The highest BCUT2D eigenvalue weighted by Crippen LogP contribution is 2.65. The molecule has 0 N–H and O–H groups in total. The number of ether oxygens (including phenoxy) is 1. The van der Waals surface area contributed by atoms with E-state index in [0.717, 1.165) is 12.3 Å². The third kappa shape index (κ3) is 2.88. The van der Waals surface area contributed by atoms with Crippen molar-refractivity contribution in [3.8, 4) is 0 Å². The number of hydrogen-bond donors (Lipinski definition) is 0. The van der Waals surface area contributed by atoms with E-state index in [1.165, 1.54) is 36.8 Å². The molecule has 0 radical (unpaired) electrons. The predicted octanol–water partition coefficient (Wildman–Crippen LogP) is 7.17. The molecule has 0 amide bonds. The van der Waals surface area contributed by atoms with Gasteiger partial charge in [0.1, 0.15) is 0 Å². The van der Waals surface area contributed by atoms with Crippen LogP contribution in [0.15, 0.2) is 90.6 Å². The molecule has 1 aromatic carbocycles. The average molecular weight is 457 g/mol. The van der Waals surface area contributed by atoms with Crippen molar-refractivity contribution in [2.45, 2.75) is 55.1 Å². The second kappa shape index (κ2) is 7.85. The van der Waals surface area contributed by atoms with Gasteiger partial charge >= 0.3 is 0 Å². The molecule has 1 saturated heterocycles. The predicted molar refractivity (Wildman–Crippen MR) is 135 cm³/mol. The standard InChI is InChI=1S/C31H33ClO/c32-28-16-8-13-25-24-18-17-21(19-29(24)33-30(25)28)31(20-9-2-1-3-10-20)26-14-6-4-11-22(26)23-12-5-7-15-27(23)31/h1-4,6,8-11,14,16-19,22-30H,5,7,12-13,15H2. The maximum absolute atomic E-state index is 6.68. The van der Waals surface area contributed by atoms with Crippen molar-refractivity contribution in [1.29, 1.82) is 0 Å². The maximum atomic E-state index is 6.68. The molecule has 10 unspecified atom stereocenters. The van der Waals surface area contributed by atoms with Crippen molar-refractivity contribution in [3.05, 3.63) is 96.2 Å². The first kappa shape index (κ1) is 20.5. The van der Waals surface area contributed by atoms with Crippen molar-refractivity contribution >= 4 is 11.6 Å². The monoisotopic (exact) mass is 456 g/mol. The van der Waals surface area contributed by atoms with Gasteiger partial charge in [-0.3, -0.25) is 0 Å². The molecule has 0 bridgehead atoms. The smallest absolute Gasteiger partial charge is 0.0833 e. The van der Waals surface area contributed by atoms with E-state index in [9.17, 15) is 0 Å². The van der Waals surface area contributed by atoms with E-state index in [4.69, 9.17) is 16.3 Å². The normalized spacial score (nSPS) is 46.9. The molecular formula is C31H33ClO. The summed E-state index contributed by atoms with van der Waals surface area (Å²) in [7, 11) is 0. The summed E-state index contributed by atoms with van der Waals surface area (Å²) in [5.74, 6) is 3.53. The summed E-state index contributed by atoms with van der Waals surface area (Å²) in [6, 6.07) is 11.4. The molecule has 5 aliphatic carbocycles. The van der Waals surface area contributed by atoms with Crippen molar-refractivity contribution in [2.75, 3.05) is 0 Å². The Morgan fingerprint density at radius 1 is 0.879 bits per heavy atom. The Morgan fingerprint density at radius 2 is 1.73 bits per heavy atom. The van der Waals surface area contributed by atoms with Gasteiger partial charge in [0.05, 0.1) is 17.6 Å². The van der Waals surface area contributed by atoms with Gasteiger partial charge in [0.15, 0.2) is 0 Å². The number of benzene rings is 1. The topological polar surface area (TPSA) is 9.23 Å². The molecule has 0 aromatic heterocycles. The van der Waals surface area contributed by atoms with Crippen LogP contribution in [0, 0.1) is 35.5 Å². The lowest BCUT2D eigenvalue weighted by Gasteiger charge is -2.45. The summed E-state index contributed by atoms with van der Waals surface area (Å²) in [5.41, 5.74) is 3.02. The zero-order valence-corrected chi connectivity index (χ0v) is 19.9. The molecule has 1 nitrogen and oxygen atoms in total. The Balaban J connectivity index is 1.37. The quantitative estimate of drug-likeness (QED) is 0.338. The summed E-state index contributed by atoms with van der Waals surface area (Å²) < 4.78 is 6.68. The molecule has 7 rings (SSSR count). The maximum Gasteiger partial charge on any atom is 0.0833 e. The highest BCUT2D eigenvalue weighted by atomic mass is 35.5. The number of allylic oxidation sites excluding steroid dienone is 7. The van der Waals surface area contributed by atoms with Gasteiger partial charge in [-0.05, 0) is 60.0 Å². The fourth-order valence-electron chi connectivity index (χ4n) is 8.65. The van der Waals surface area contributed by atoms with E-state index < -0.39 is 0 Å². The van der Waals surface area contributed by atoms with Crippen LogP contribution in [0.1, 0.15) is 37.7 Å². The third-order valence-corrected chi connectivity index (χ3v) is 10.2. The molecule has 33 heavy (non-hydrogen) atoms. The molecule has 2 saturated carbocycles. The Morgan fingerprint density at radius 3 is 2.64 bits per heavy atom. The van der Waals surface area contributed by atoms with Crippen LogP contribution in [-0.2, 0) is 10.2 Å². The van der Waals surface area contributed by atoms with Gasteiger partial charge in [-0.2, -0.15) is 0 Å². The molecule has 1 aliphatic heterocycles. The summed E-state index contributed by atoms with van der Waals surface area (Å²) in [6.07, 6.45) is 28.4. The van der Waals surface area contributed by atoms with Crippen LogP contribution in [0.25, 0.3) is 0 Å². The Labute approximate surface area is 202 Å². The Bertz CT molecular complexity index is 1060. The molecule has 10 atom stereocenters. The van der Waals surface area contributed by atoms with Gasteiger partial charge in [-0.25, -0.2) is 0 Å². The van der Waals surface area contributed by atoms with Crippen molar-refractivity contribution < 1.29 is 4.74 Å². The highest BCUT2D eigenvalue weighted by Gasteiger charge is 2.61. The van der Waals surface area contributed by atoms with Gasteiger partial charge in [0.2, 0.25) is 0 Å². The van der Waals surface area contributed by atoms with Crippen LogP contribution in [0.5, 0.6) is 0 Å². The zero-order valence-electron chi connectivity index (χ0n) is 19.1. The van der Waals surface area contributed by atoms with Crippen LogP contribution in [0.2, 0.25) is 0 Å². The van der Waals surface area contributed by atoms with Crippen LogP contribution in [0.3, 0.4) is 0 Å². The summed E-state index contributed by atoms with van der Waals surface area (Å²) in [5, 5.41) is -0.00677. The largest absolute Gasteiger partial charge is 0.368 e. The van der Waals surface area contributed by atoms with E-state index >= 15 is 0 Å². The number of hydrogen-bond acceptors (Lipinski definition) is 1. The number of halogens is 1. The lowest BCUT2D eigenvalue weighted by atomic mass is 9.58. The fourth-order valence-corrected chi connectivity index (χ4v) is 9.00. The van der Waals surface area contributed by atoms with Gasteiger partial charge in [0.25, 0.3) is 0 Å². The minimum absolute atomic E-state index is 0.00677. The lowest BCUT2D eigenvalue weighted by molar-refractivity contribution is 0.0562. The Hall–Kier alpha value is -1.83. The molecule has 0 spiro atoms. The fraction of sp³-hybridized carbons (Fsp3) is 0.484. The van der Waals surface area contributed by atoms with E-state index in [-0.39, 0.29) is 23.0 Å². The third-order valence-electron chi connectivity index (χ3n) is 9.83. The van der Waals surface area contributed by atoms with E-state index in [0.29, 0.717) is 29.6 Å². The number of alkyl halides is 1. The minimum Gasteiger partial charge on any atom is -0.368 e. The van der Waals surface area contributed by atoms with Crippen molar-refractivity contribution in [3.63, 3.8) is 0 Å². The summed E-state index contributed by atoms with van der Waals surface area (Å²) in [6.45, 7) is 0. The second-order valence-corrected chi connectivity index (χ2v) is 11.6. The zero-order chi connectivity index (χ0) is 22.0. The van der Waals surface area contributed by atoms with E-state index in [1.807, 2.05) is 0 Å². The van der Waals surface area contributed by atoms with Crippen molar-refractivity contribution in [2.24, 2.45) is 35.5 Å². The van der Waals surface area contributed by atoms with Crippen LogP contribution >= 0.6 is 11.6 Å². The van der Waals surface area contributed by atoms with E-state index in [1.54, 1.807) is 0 Å². The number of fused-ring (bicyclic) bond motifs is 6. The minimum atomic E-state index is -0.00677. The summed E-state index contributed by atoms with van der Waals surface area (Å²) in [4.78, 5) is 0. The molecule has 2 heteroatoms. The first-order valence-corrected chi connectivity index (χ1v) is 13.5. The first-order valence-electron chi connectivity index (χ1n) is 13.1.